The van der Waals surface area contributed by atoms with Crippen LogP contribution in [0.5, 0.6) is 23.0 Å². The molecule has 0 radical (unpaired) electrons. The van der Waals surface area contributed by atoms with Crippen molar-refractivity contribution in [2.24, 2.45) is 0 Å². The van der Waals surface area contributed by atoms with E-state index in [1.807, 2.05) is 133 Å². The van der Waals surface area contributed by atoms with Gasteiger partial charge < -0.3 is 19.4 Å². The standard InChI is InChI=1S/C52H32N4O2.Ni/c1-3-15-35(16-4-1)49-39-25-29-43(53-39)51(57-47-23-11-19-33-13-7-9-21-37(33)47)45-31-27-41(55-45)50(36-17-5-2-6-18-36)42-28-32-46(56-42)52(44-30-26-40(49)54-44)58-48-24-12-20-34-14-8-10-22-38(34)48;/h1-32H;/q-2;+2. The summed E-state index contributed by atoms with van der Waals surface area (Å²) in [6.45, 7) is 0. The third-order valence-corrected chi connectivity index (χ3v) is 10.6. The van der Waals surface area contributed by atoms with Gasteiger partial charge in [0.1, 0.15) is 34.4 Å². The molecule has 0 aliphatic carbocycles. The van der Waals surface area contributed by atoms with Gasteiger partial charge in [-0.1, -0.05) is 169 Å². The van der Waals surface area contributed by atoms with Crippen molar-refractivity contribution in [1.29, 1.82) is 0 Å². The quantitative estimate of drug-likeness (QED) is 0.156. The van der Waals surface area contributed by atoms with Gasteiger partial charge in [0.05, 0.1) is 11.4 Å². The van der Waals surface area contributed by atoms with Gasteiger partial charge in [-0.05, 0) is 63.9 Å². The number of aromatic nitrogens is 4. The number of hydrogen-bond donors (Lipinski definition) is 0. The molecule has 11 rings (SSSR count). The molecule has 2 aliphatic rings. The Morgan fingerprint density at radius 3 is 1.22 bits per heavy atom. The second-order valence-corrected chi connectivity index (χ2v) is 14.2. The Labute approximate surface area is 350 Å². The van der Waals surface area contributed by atoms with Crippen LogP contribution in [0, 0.1) is 0 Å². The van der Waals surface area contributed by atoms with Crippen LogP contribution in [0.25, 0.3) is 90.2 Å². The largest absolute Gasteiger partial charge is 2.00 e. The fourth-order valence-electron chi connectivity index (χ4n) is 7.84. The molecule has 282 valence electrons. The van der Waals surface area contributed by atoms with Gasteiger partial charge in [0.2, 0.25) is 0 Å². The van der Waals surface area contributed by atoms with Crippen LogP contribution < -0.4 is 19.4 Å². The molecular formula is C52H32N4NiO2. The second kappa shape index (κ2) is 15.1. The van der Waals surface area contributed by atoms with Crippen molar-refractivity contribution in [3.8, 4) is 45.3 Å². The molecule has 0 N–H and O–H groups in total. The first-order chi connectivity index (χ1) is 28.7. The summed E-state index contributed by atoms with van der Waals surface area (Å²) in [6.07, 6.45) is 8.07. The van der Waals surface area contributed by atoms with Crippen molar-refractivity contribution in [3.05, 3.63) is 193 Å². The van der Waals surface area contributed by atoms with E-state index in [1.165, 1.54) is 0 Å². The SMILES string of the molecule is C1=Cc2nc1c(-c1ccccc1)c1nc(c(Oc3cccc4ccccc34)c3ccc([n-]3)c(-c3ccccc3)c3ccc([n-]3)c2Oc2cccc3ccccc23)C=C1.[Ni+2]. The van der Waals surface area contributed by atoms with E-state index in [0.717, 1.165) is 77.7 Å². The van der Waals surface area contributed by atoms with Crippen molar-refractivity contribution in [1.82, 2.24) is 19.9 Å². The minimum Gasteiger partial charge on any atom is -0.654 e. The van der Waals surface area contributed by atoms with E-state index in [1.54, 1.807) is 0 Å². The van der Waals surface area contributed by atoms with Crippen LogP contribution in [0.2, 0.25) is 0 Å². The number of nitrogens with zero attached hydrogens (tertiary/aromatic N) is 4. The first kappa shape index (κ1) is 35.9. The summed E-state index contributed by atoms with van der Waals surface area (Å²) in [5, 5.41) is 4.15. The van der Waals surface area contributed by atoms with Gasteiger partial charge in [0.25, 0.3) is 0 Å². The van der Waals surface area contributed by atoms with Gasteiger partial charge in [-0.2, -0.15) is 0 Å². The molecule has 0 unspecified atom stereocenters. The first-order valence-electron chi connectivity index (χ1n) is 19.2. The Morgan fingerprint density at radius 2 is 0.729 bits per heavy atom. The van der Waals surface area contributed by atoms with Crippen molar-refractivity contribution in [3.63, 3.8) is 0 Å². The zero-order valence-electron chi connectivity index (χ0n) is 31.4. The number of hydrogen-bond acceptors (Lipinski definition) is 4. The number of rotatable bonds is 6. The maximum absolute atomic E-state index is 6.93. The van der Waals surface area contributed by atoms with Crippen LogP contribution in [0.15, 0.2) is 170 Å². The summed E-state index contributed by atoms with van der Waals surface area (Å²) in [5.41, 5.74) is 9.36. The molecule has 2 aliphatic heterocycles. The van der Waals surface area contributed by atoms with Crippen molar-refractivity contribution < 1.29 is 26.0 Å². The Hall–Kier alpha value is -7.47. The third-order valence-electron chi connectivity index (χ3n) is 10.6. The van der Waals surface area contributed by atoms with E-state index >= 15 is 0 Å². The van der Waals surface area contributed by atoms with E-state index in [2.05, 4.69) is 60.7 Å². The number of benzene rings is 6. The molecule has 5 heterocycles. The van der Waals surface area contributed by atoms with Crippen LogP contribution in [0.4, 0.5) is 0 Å². The van der Waals surface area contributed by atoms with Gasteiger partial charge in [0.15, 0.2) is 0 Å². The maximum atomic E-state index is 6.93. The first-order valence-corrected chi connectivity index (χ1v) is 19.2. The van der Waals surface area contributed by atoms with Gasteiger partial charge >= 0.3 is 16.5 Å². The Morgan fingerprint density at radius 1 is 0.339 bits per heavy atom. The molecule has 0 atom stereocenters. The summed E-state index contributed by atoms with van der Waals surface area (Å²) in [7, 11) is 0. The Bertz CT molecular complexity index is 3100. The minimum atomic E-state index is 0. The zero-order valence-corrected chi connectivity index (χ0v) is 32.4. The molecule has 6 aromatic carbocycles. The molecule has 8 bridgehead atoms. The molecule has 9 aromatic rings. The molecule has 0 saturated heterocycles. The minimum absolute atomic E-state index is 0. The van der Waals surface area contributed by atoms with Crippen LogP contribution >= 0.6 is 0 Å². The monoisotopic (exact) mass is 802 g/mol. The van der Waals surface area contributed by atoms with Crippen LogP contribution in [0.3, 0.4) is 0 Å². The molecule has 0 saturated carbocycles. The molecule has 0 amide bonds. The van der Waals surface area contributed by atoms with Gasteiger partial charge in [-0.3, -0.25) is 0 Å². The summed E-state index contributed by atoms with van der Waals surface area (Å²) in [5.74, 6) is 2.53. The van der Waals surface area contributed by atoms with Crippen LogP contribution in [-0.2, 0) is 16.5 Å². The average molecular weight is 804 g/mol. The Kier molecular flexibility index (Phi) is 9.21. The van der Waals surface area contributed by atoms with Crippen LogP contribution in [-0.4, -0.2) is 9.97 Å². The second-order valence-electron chi connectivity index (χ2n) is 14.2. The van der Waals surface area contributed by atoms with E-state index in [0.29, 0.717) is 33.9 Å². The fraction of sp³-hybridized carbons (Fsp3) is 0. The average Bonchev–Trinajstić information content (AvgIpc) is 4.13. The molecule has 6 nitrogen and oxygen atoms in total. The molecule has 0 fully saturated rings. The third kappa shape index (κ3) is 6.58. The number of fused-ring (bicyclic) bond motifs is 10. The Balaban J connectivity index is 0.00000420. The van der Waals surface area contributed by atoms with Gasteiger partial charge in [-0.25, -0.2) is 9.97 Å². The van der Waals surface area contributed by atoms with Gasteiger partial charge in [-0.15, -0.1) is 11.0 Å². The summed E-state index contributed by atoms with van der Waals surface area (Å²) < 4.78 is 13.9. The predicted octanol–water partition coefficient (Wildman–Crippen LogP) is 13.1. The molecule has 3 aromatic heterocycles. The van der Waals surface area contributed by atoms with E-state index in [-0.39, 0.29) is 16.5 Å². The maximum Gasteiger partial charge on any atom is 2.00 e. The summed E-state index contributed by atoms with van der Waals surface area (Å²) in [4.78, 5) is 21.2. The fourth-order valence-corrected chi connectivity index (χ4v) is 7.84. The zero-order chi connectivity index (χ0) is 38.4. The topological polar surface area (TPSA) is 72.4 Å². The molecular weight excluding hydrogens is 771 g/mol. The van der Waals surface area contributed by atoms with Crippen molar-refractivity contribution in [2.45, 2.75) is 0 Å². The predicted molar refractivity (Wildman–Crippen MR) is 236 cm³/mol. The van der Waals surface area contributed by atoms with E-state index < -0.39 is 0 Å². The summed E-state index contributed by atoms with van der Waals surface area (Å²) in [6, 6.07) is 57.2. The smallest absolute Gasteiger partial charge is 0.654 e. The summed E-state index contributed by atoms with van der Waals surface area (Å²) >= 11 is 0. The molecule has 59 heavy (non-hydrogen) atoms. The van der Waals surface area contributed by atoms with E-state index in [9.17, 15) is 0 Å². The van der Waals surface area contributed by atoms with Crippen molar-refractivity contribution in [2.75, 3.05) is 0 Å². The molecule has 0 spiro atoms. The number of ether oxygens (including phenoxy) is 2. The van der Waals surface area contributed by atoms with Crippen LogP contribution in [0.1, 0.15) is 22.8 Å². The molecule has 7 heteroatoms. The van der Waals surface area contributed by atoms with Gasteiger partial charge in [0, 0.05) is 16.3 Å². The van der Waals surface area contributed by atoms with E-state index in [4.69, 9.17) is 29.4 Å². The van der Waals surface area contributed by atoms with Crippen molar-refractivity contribution >= 4 is 67.9 Å². The normalized spacial score (nSPS) is 11.8.